The SMILES string of the molecule is CC1CC(=O)NCCN1C(=O)COc1ccc(Cl)c2cccnc12. The van der Waals surface area contributed by atoms with Crippen molar-refractivity contribution in [2.45, 2.75) is 19.4 Å². The molecule has 1 N–H and O–H groups in total. The molecule has 2 heterocycles. The van der Waals surface area contributed by atoms with Crippen LogP contribution in [-0.4, -0.2) is 47.4 Å². The van der Waals surface area contributed by atoms with Crippen LogP contribution in [0.4, 0.5) is 0 Å². The van der Waals surface area contributed by atoms with Crippen LogP contribution in [0, 0.1) is 0 Å². The van der Waals surface area contributed by atoms with Gasteiger partial charge >= 0.3 is 0 Å². The zero-order valence-corrected chi connectivity index (χ0v) is 14.0. The molecule has 0 saturated carbocycles. The zero-order chi connectivity index (χ0) is 17.1. The van der Waals surface area contributed by atoms with E-state index in [9.17, 15) is 9.59 Å². The monoisotopic (exact) mass is 347 g/mol. The summed E-state index contributed by atoms with van der Waals surface area (Å²) in [7, 11) is 0. The molecule has 1 saturated heterocycles. The van der Waals surface area contributed by atoms with E-state index in [4.69, 9.17) is 16.3 Å². The third-order valence-corrected chi connectivity index (χ3v) is 4.37. The lowest BCUT2D eigenvalue weighted by Gasteiger charge is -2.26. The number of nitrogens with one attached hydrogen (secondary N) is 1. The highest BCUT2D eigenvalue weighted by atomic mass is 35.5. The van der Waals surface area contributed by atoms with E-state index in [1.165, 1.54) is 0 Å². The van der Waals surface area contributed by atoms with Crippen molar-refractivity contribution in [3.05, 3.63) is 35.5 Å². The summed E-state index contributed by atoms with van der Waals surface area (Å²) < 4.78 is 5.69. The number of hydrogen-bond acceptors (Lipinski definition) is 4. The molecule has 1 aliphatic heterocycles. The van der Waals surface area contributed by atoms with Gasteiger partial charge in [0.05, 0.1) is 5.02 Å². The zero-order valence-electron chi connectivity index (χ0n) is 13.3. The first-order valence-electron chi connectivity index (χ1n) is 7.78. The molecule has 1 aromatic carbocycles. The number of nitrogens with zero attached hydrogens (tertiary/aromatic N) is 2. The van der Waals surface area contributed by atoms with Gasteiger partial charge in [-0.1, -0.05) is 11.6 Å². The summed E-state index contributed by atoms with van der Waals surface area (Å²) in [6.45, 7) is 2.70. The van der Waals surface area contributed by atoms with Crippen LogP contribution in [0.15, 0.2) is 30.5 Å². The van der Waals surface area contributed by atoms with Gasteiger partial charge in [0.2, 0.25) is 5.91 Å². The third kappa shape index (κ3) is 3.43. The maximum absolute atomic E-state index is 12.5. The third-order valence-electron chi connectivity index (χ3n) is 4.04. The van der Waals surface area contributed by atoms with E-state index in [1.54, 1.807) is 29.3 Å². The minimum Gasteiger partial charge on any atom is -0.481 e. The second-order valence-corrected chi connectivity index (χ2v) is 6.13. The Bertz CT molecular complexity index is 781. The number of pyridine rings is 1. The Morgan fingerprint density at radius 3 is 3.12 bits per heavy atom. The van der Waals surface area contributed by atoms with Crippen LogP contribution in [0.2, 0.25) is 5.02 Å². The van der Waals surface area contributed by atoms with Gasteiger partial charge in [0.15, 0.2) is 6.61 Å². The normalized spacial score (nSPS) is 18.2. The lowest BCUT2D eigenvalue weighted by molar-refractivity contribution is -0.135. The summed E-state index contributed by atoms with van der Waals surface area (Å²) >= 11 is 6.15. The summed E-state index contributed by atoms with van der Waals surface area (Å²) in [6.07, 6.45) is 1.96. The molecule has 2 aromatic rings. The smallest absolute Gasteiger partial charge is 0.260 e. The van der Waals surface area contributed by atoms with Crippen LogP contribution in [-0.2, 0) is 9.59 Å². The second kappa shape index (κ2) is 7.05. The second-order valence-electron chi connectivity index (χ2n) is 5.72. The minimum atomic E-state index is -0.155. The number of carbonyl (C=O) groups is 2. The Balaban J connectivity index is 1.73. The molecule has 3 rings (SSSR count). The maximum atomic E-state index is 12.5. The average molecular weight is 348 g/mol. The van der Waals surface area contributed by atoms with Gasteiger partial charge < -0.3 is 15.0 Å². The topological polar surface area (TPSA) is 71.5 Å². The number of fused-ring (bicyclic) bond motifs is 1. The molecular weight excluding hydrogens is 330 g/mol. The van der Waals surface area contributed by atoms with Crippen molar-refractivity contribution < 1.29 is 14.3 Å². The number of ether oxygens (including phenoxy) is 1. The van der Waals surface area contributed by atoms with E-state index in [0.29, 0.717) is 35.8 Å². The summed E-state index contributed by atoms with van der Waals surface area (Å²) in [6, 6.07) is 6.94. The highest BCUT2D eigenvalue weighted by molar-refractivity contribution is 6.35. The Hall–Kier alpha value is -2.34. The molecule has 2 amide bonds. The highest BCUT2D eigenvalue weighted by Gasteiger charge is 2.25. The van der Waals surface area contributed by atoms with Crippen LogP contribution >= 0.6 is 11.6 Å². The summed E-state index contributed by atoms with van der Waals surface area (Å²) in [5.41, 5.74) is 0.624. The quantitative estimate of drug-likeness (QED) is 0.921. The predicted octanol–water partition coefficient (Wildman–Crippen LogP) is 2.00. The van der Waals surface area contributed by atoms with Crippen molar-refractivity contribution in [3.8, 4) is 5.75 Å². The van der Waals surface area contributed by atoms with Crippen molar-refractivity contribution in [1.82, 2.24) is 15.2 Å². The largest absolute Gasteiger partial charge is 0.481 e. The van der Waals surface area contributed by atoms with Gasteiger partial charge in [-0.25, -0.2) is 0 Å². The van der Waals surface area contributed by atoms with E-state index >= 15 is 0 Å². The van der Waals surface area contributed by atoms with Gasteiger partial charge in [-0.15, -0.1) is 0 Å². The van der Waals surface area contributed by atoms with Crippen molar-refractivity contribution >= 4 is 34.3 Å². The molecule has 0 radical (unpaired) electrons. The summed E-state index contributed by atoms with van der Waals surface area (Å²) in [4.78, 5) is 29.9. The van der Waals surface area contributed by atoms with E-state index in [0.717, 1.165) is 5.39 Å². The van der Waals surface area contributed by atoms with Gasteiger partial charge in [-0.2, -0.15) is 0 Å². The fourth-order valence-electron chi connectivity index (χ4n) is 2.81. The summed E-state index contributed by atoms with van der Waals surface area (Å²) in [5.74, 6) is 0.324. The Morgan fingerprint density at radius 1 is 1.46 bits per heavy atom. The molecule has 1 aliphatic rings. The molecule has 0 bridgehead atoms. The van der Waals surface area contributed by atoms with Crippen molar-refractivity contribution in [1.29, 1.82) is 0 Å². The van der Waals surface area contributed by atoms with Gasteiger partial charge in [-0.3, -0.25) is 14.6 Å². The fourth-order valence-corrected chi connectivity index (χ4v) is 3.02. The first kappa shape index (κ1) is 16.5. The molecule has 1 atom stereocenters. The number of amides is 2. The van der Waals surface area contributed by atoms with Crippen LogP contribution < -0.4 is 10.1 Å². The van der Waals surface area contributed by atoms with Gasteiger partial charge in [-0.05, 0) is 31.2 Å². The van der Waals surface area contributed by atoms with Crippen molar-refractivity contribution in [2.24, 2.45) is 0 Å². The first-order chi connectivity index (χ1) is 11.6. The number of benzene rings is 1. The van der Waals surface area contributed by atoms with Crippen molar-refractivity contribution in [2.75, 3.05) is 19.7 Å². The van der Waals surface area contributed by atoms with Crippen LogP contribution in [0.25, 0.3) is 10.9 Å². The number of carbonyl (C=O) groups excluding carboxylic acids is 2. The number of rotatable bonds is 3. The predicted molar refractivity (Wildman–Crippen MR) is 91.0 cm³/mol. The standard InChI is InChI=1S/C17H18ClN3O3/c1-11-9-15(22)19-7-8-21(11)16(23)10-24-14-5-4-13(18)12-3-2-6-20-17(12)14/h2-6,11H,7-10H2,1H3,(H,19,22). The number of halogens is 1. The van der Waals surface area contributed by atoms with Gasteiger partial charge in [0.1, 0.15) is 11.3 Å². The van der Waals surface area contributed by atoms with E-state index in [2.05, 4.69) is 10.3 Å². The molecule has 1 fully saturated rings. The number of hydrogen-bond donors (Lipinski definition) is 1. The molecule has 0 spiro atoms. The lowest BCUT2D eigenvalue weighted by atomic mass is 10.2. The fraction of sp³-hybridized carbons (Fsp3) is 0.353. The van der Waals surface area contributed by atoms with Crippen LogP contribution in [0.3, 0.4) is 0 Å². The van der Waals surface area contributed by atoms with E-state index in [1.807, 2.05) is 13.0 Å². The Labute approximate surface area is 144 Å². The van der Waals surface area contributed by atoms with Crippen molar-refractivity contribution in [3.63, 3.8) is 0 Å². The highest BCUT2D eigenvalue weighted by Crippen LogP contribution is 2.29. The lowest BCUT2D eigenvalue weighted by Crippen LogP contribution is -2.42. The van der Waals surface area contributed by atoms with E-state index < -0.39 is 0 Å². The van der Waals surface area contributed by atoms with E-state index in [-0.39, 0.29) is 24.5 Å². The van der Waals surface area contributed by atoms with Crippen LogP contribution in [0.5, 0.6) is 5.75 Å². The molecular formula is C17H18ClN3O3. The Kier molecular flexibility index (Phi) is 4.85. The molecule has 1 unspecified atom stereocenters. The minimum absolute atomic E-state index is 0.0355. The first-order valence-corrected chi connectivity index (χ1v) is 8.16. The average Bonchev–Trinajstić information content (AvgIpc) is 2.74. The molecule has 7 heteroatoms. The number of aromatic nitrogens is 1. The molecule has 0 aliphatic carbocycles. The molecule has 6 nitrogen and oxygen atoms in total. The summed E-state index contributed by atoms with van der Waals surface area (Å²) in [5, 5.41) is 4.13. The molecule has 126 valence electrons. The van der Waals surface area contributed by atoms with Crippen LogP contribution in [0.1, 0.15) is 13.3 Å². The van der Waals surface area contributed by atoms with Gasteiger partial charge in [0.25, 0.3) is 5.91 Å². The van der Waals surface area contributed by atoms with Gasteiger partial charge in [0, 0.05) is 37.1 Å². The Morgan fingerprint density at radius 2 is 2.29 bits per heavy atom. The molecule has 24 heavy (non-hydrogen) atoms. The molecule has 1 aromatic heterocycles. The maximum Gasteiger partial charge on any atom is 0.260 e.